The molecule has 0 aromatic heterocycles. The van der Waals surface area contributed by atoms with E-state index in [1.165, 1.54) is 0 Å². The van der Waals surface area contributed by atoms with Crippen molar-refractivity contribution in [1.29, 1.82) is 0 Å². The number of anilines is 1. The monoisotopic (exact) mass is 261 g/mol. The van der Waals surface area contributed by atoms with Crippen LogP contribution in [0.25, 0.3) is 0 Å². The van der Waals surface area contributed by atoms with Gasteiger partial charge in [0.1, 0.15) is 0 Å². The van der Waals surface area contributed by atoms with E-state index in [2.05, 4.69) is 15.5 Å². The number of carbonyl (C=O) groups excluding carboxylic acids is 1. The molecule has 4 heteroatoms. The average Bonchev–Trinajstić information content (AvgIpc) is 2.39. The Morgan fingerprint density at radius 2 is 2.11 bits per heavy atom. The smallest absolute Gasteiger partial charge is 0.238 e. The number of aryl methyl sites for hydroxylation is 1. The number of piperidine rings is 1. The van der Waals surface area contributed by atoms with E-state index in [9.17, 15) is 4.79 Å². The lowest BCUT2D eigenvalue weighted by Gasteiger charge is -2.31. The van der Waals surface area contributed by atoms with Gasteiger partial charge in [-0.05, 0) is 44.5 Å². The molecule has 2 rings (SSSR count). The Kier molecular flexibility index (Phi) is 4.93. The van der Waals surface area contributed by atoms with E-state index >= 15 is 0 Å². The maximum Gasteiger partial charge on any atom is 0.238 e. The highest BCUT2D eigenvalue weighted by Crippen LogP contribution is 2.11. The molecule has 1 aliphatic heterocycles. The molecule has 0 atom stereocenters. The fourth-order valence-corrected chi connectivity index (χ4v) is 2.51. The molecule has 1 fully saturated rings. The molecule has 0 bridgehead atoms. The van der Waals surface area contributed by atoms with Crippen LogP contribution in [0.4, 0.5) is 5.69 Å². The lowest BCUT2D eigenvalue weighted by molar-refractivity contribution is -0.117. The highest BCUT2D eigenvalue weighted by molar-refractivity contribution is 5.92. The molecule has 104 valence electrons. The normalized spacial score (nSPS) is 17.4. The predicted octanol–water partition coefficient (Wildman–Crippen LogP) is 1.62. The van der Waals surface area contributed by atoms with Crippen LogP contribution in [0.3, 0.4) is 0 Å². The summed E-state index contributed by atoms with van der Waals surface area (Å²) in [5.74, 6) is 0.0773. The molecule has 0 radical (unpaired) electrons. The van der Waals surface area contributed by atoms with Crippen molar-refractivity contribution in [3.8, 4) is 0 Å². The summed E-state index contributed by atoms with van der Waals surface area (Å²) in [4.78, 5) is 14.2. The molecule has 0 aliphatic carbocycles. The number of hydrogen-bond donors (Lipinski definition) is 2. The summed E-state index contributed by atoms with van der Waals surface area (Å²) < 4.78 is 0. The van der Waals surface area contributed by atoms with Crippen molar-refractivity contribution in [2.75, 3.05) is 32.0 Å². The van der Waals surface area contributed by atoms with Gasteiger partial charge in [-0.3, -0.25) is 9.69 Å². The van der Waals surface area contributed by atoms with E-state index in [-0.39, 0.29) is 5.91 Å². The van der Waals surface area contributed by atoms with Crippen LogP contribution >= 0.6 is 0 Å². The second kappa shape index (κ2) is 6.68. The second-order valence-corrected chi connectivity index (χ2v) is 5.26. The Bertz CT molecular complexity index is 425. The largest absolute Gasteiger partial charge is 0.325 e. The van der Waals surface area contributed by atoms with Crippen molar-refractivity contribution in [2.45, 2.75) is 25.8 Å². The number of carbonyl (C=O) groups is 1. The number of rotatable bonds is 4. The molecule has 0 spiro atoms. The summed E-state index contributed by atoms with van der Waals surface area (Å²) in [6.45, 7) is 4.50. The van der Waals surface area contributed by atoms with Gasteiger partial charge in [0, 0.05) is 24.8 Å². The summed E-state index contributed by atoms with van der Waals surface area (Å²) in [5.41, 5.74) is 2.04. The Hall–Kier alpha value is -1.39. The standard InChI is InChI=1S/C15H23N3O/c1-12-4-3-5-14(10-12)17-15(19)11-18-8-6-13(16-2)7-9-18/h3-5,10,13,16H,6-9,11H2,1-2H3,(H,17,19). The van der Waals surface area contributed by atoms with Crippen LogP contribution in [0.2, 0.25) is 0 Å². The molecule has 1 aliphatic rings. The van der Waals surface area contributed by atoms with Crippen molar-refractivity contribution >= 4 is 11.6 Å². The van der Waals surface area contributed by atoms with Gasteiger partial charge in [-0.25, -0.2) is 0 Å². The number of likely N-dealkylation sites (tertiary alicyclic amines) is 1. The van der Waals surface area contributed by atoms with Crippen molar-refractivity contribution < 1.29 is 4.79 Å². The van der Waals surface area contributed by atoms with E-state index in [0.717, 1.165) is 37.2 Å². The van der Waals surface area contributed by atoms with E-state index in [1.54, 1.807) is 0 Å². The lowest BCUT2D eigenvalue weighted by Crippen LogP contribution is -2.44. The van der Waals surface area contributed by atoms with Crippen LogP contribution in [0, 0.1) is 6.92 Å². The molecule has 1 saturated heterocycles. The van der Waals surface area contributed by atoms with Crippen LogP contribution in [0.15, 0.2) is 24.3 Å². The minimum Gasteiger partial charge on any atom is -0.325 e. The van der Waals surface area contributed by atoms with Crippen LogP contribution in [-0.4, -0.2) is 43.5 Å². The van der Waals surface area contributed by atoms with E-state index < -0.39 is 0 Å². The van der Waals surface area contributed by atoms with Gasteiger partial charge in [-0.1, -0.05) is 12.1 Å². The Morgan fingerprint density at radius 1 is 1.37 bits per heavy atom. The van der Waals surface area contributed by atoms with Gasteiger partial charge in [0.25, 0.3) is 0 Å². The van der Waals surface area contributed by atoms with Crippen LogP contribution in [0.5, 0.6) is 0 Å². The topological polar surface area (TPSA) is 44.4 Å². The van der Waals surface area contributed by atoms with Gasteiger partial charge in [-0.15, -0.1) is 0 Å². The Labute approximate surface area is 115 Å². The summed E-state index contributed by atoms with van der Waals surface area (Å²) in [6, 6.07) is 8.52. The first-order valence-corrected chi connectivity index (χ1v) is 6.93. The first kappa shape index (κ1) is 14.0. The summed E-state index contributed by atoms with van der Waals surface area (Å²) >= 11 is 0. The fourth-order valence-electron chi connectivity index (χ4n) is 2.51. The second-order valence-electron chi connectivity index (χ2n) is 5.26. The SMILES string of the molecule is CNC1CCN(CC(=O)Nc2cccc(C)c2)CC1. The summed E-state index contributed by atoms with van der Waals surface area (Å²) in [7, 11) is 2.00. The lowest BCUT2D eigenvalue weighted by atomic mass is 10.1. The zero-order valence-corrected chi connectivity index (χ0v) is 11.8. The third-order valence-corrected chi connectivity index (χ3v) is 3.66. The average molecular weight is 261 g/mol. The molecular formula is C15H23N3O. The van der Waals surface area contributed by atoms with E-state index in [4.69, 9.17) is 0 Å². The Morgan fingerprint density at radius 3 is 2.74 bits per heavy atom. The van der Waals surface area contributed by atoms with Gasteiger partial charge in [0.2, 0.25) is 5.91 Å². The molecule has 2 N–H and O–H groups in total. The number of nitrogens with zero attached hydrogens (tertiary/aromatic N) is 1. The van der Waals surface area contributed by atoms with Gasteiger partial charge in [0.15, 0.2) is 0 Å². The number of amides is 1. The quantitative estimate of drug-likeness (QED) is 0.865. The molecule has 1 amide bonds. The molecule has 4 nitrogen and oxygen atoms in total. The minimum atomic E-state index is 0.0773. The van der Waals surface area contributed by atoms with Gasteiger partial charge >= 0.3 is 0 Å². The molecule has 0 unspecified atom stereocenters. The summed E-state index contributed by atoms with van der Waals surface area (Å²) in [6.07, 6.45) is 2.24. The number of hydrogen-bond acceptors (Lipinski definition) is 3. The third kappa shape index (κ3) is 4.33. The molecular weight excluding hydrogens is 238 g/mol. The number of benzene rings is 1. The van der Waals surface area contributed by atoms with E-state index in [0.29, 0.717) is 12.6 Å². The van der Waals surface area contributed by atoms with Crippen molar-refractivity contribution in [1.82, 2.24) is 10.2 Å². The molecule has 1 aromatic rings. The summed E-state index contributed by atoms with van der Waals surface area (Å²) in [5, 5.41) is 6.26. The minimum absolute atomic E-state index is 0.0773. The van der Waals surface area contributed by atoms with Gasteiger partial charge < -0.3 is 10.6 Å². The number of nitrogens with one attached hydrogen (secondary N) is 2. The van der Waals surface area contributed by atoms with Crippen LogP contribution in [0.1, 0.15) is 18.4 Å². The molecule has 1 aromatic carbocycles. The molecule has 1 heterocycles. The zero-order valence-electron chi connectivity index (χ0n) is 11.8. The third-order valence-electron chi connectivity index (χ3n) is 3.66. The zero-order chi connectivity index (χ0) is 13.7. The molecule has 19 heavy (non-hydrogen) atoms. The predicted molar refractivity (Wildman–Crippen MR) is 78.3 cm³/mol. The van der Waals surface area contributed by atoms with Gasteiger partial charge in [0.05, 0.1) is 6.54 Å². The first-order chi connectivity index (χ1) is 9.17. The van der Waals surface area contributed by atoms with E-state index in [1.807, 2.05) is 38.2 Å². The fraction of sp³-hybridized carbons (Fsp3) is 0.533. The maximum atomic E-state index is 12.0. The highest BCUT2D eigenvalue weighted by Gasteiger charge is 2.19. The Balaban J connectivity index is 1.79. The molecule has 0 saturated carbocycles. The van der Waals surface area contributed by atoms with Gasteiger partial charge in [-0.2, -0.15) is 0 Å². The van der Waals surface area contributed by atoms with Crippen LogP contribution in [-0.2, 0) is 4.79 Å². The van der Waals surface area contributed by atoms with Crippen molar-refractivity contribution in [3.63, 3.8) is 0 Å². The van der Waals surface area contributed by atoms with Crippen molar-refractivity contribution in [3.05, 3.63) is 29.8 Å². The highest BCUT2D eigenvalue weighted by atomic mass is 16.2. The van der Waals surface area contributed by atoms with Crippen molar-refractivity contribution in [2.24, 2.45) is 0 Å². The van der Waals surface area contributed by atoms with Crippen LogP contribution < -0.4 is 10.6 Å². The first-order valence-electron chi connectivity index (χ1n) is 6.93. The maximum absolute atomic E-state index is 12.0.